The van der Waals surface area contributed by atoms with Crippen molar-refractivity contribution in [2.75, 3.05) is 5.33 Å². The van der Waals surface area contributed by atoms with E-state index in [2.05, 4.69) is 35.9 Å². The Balaban J connectivity index is 3.03. The van der Waals surface area contributed by atoms with Crippen molar-refractivity contribution in [1.82, 2.24) is 0 Å². The second-order valence-electron chi connectivity index (χ2n) is 2.11. The Morgan fingerprint density at radius 1 is 1.50 bits per heavy atom. The van der Waals surface area contributed by atoms with Gasteiger partial charge >= 0.3 is 0 Å². The fraction of sp³-hybridized carbons (Fsp3) is 0.714. The van der Waals surface area contributed by atoms with E-state index in [1.54, 1.807) is 0 Å². The molecular weight excluding hydrogens is 164 g/mol. The molecule has 0 bridgehead atoms. The Morgan fingerprint density at radius 2 is 2.12 bits per heavy atom. The van der Waals surface area contributed by atoms with Crippen molar-refractivity contribution in [2.24, 2.45) is 0 Å². The van der Waals surface area contributed by atoms with Gasteiger partial charge in [-0.25, -0.2) is 0 Å². The Hall–Kier alpha value is 0.220. The summed E-state index contributed by atoms with van der Waals surface area (Å²) in [5.41, 5.74) is 1.42. The van der Waals surface area contributed by atoms with E-state index < -0.39 is 0 Å². The summed E-state index contributed by atoms with van der Waals surface area (Å²) in [4.78, 5) is 0. The molecule has 0 atom stereocenters. The minimum Gasteiger partial charge on any atom is -0.0928 e. The van der Waals surface area contributed by atoms with Gasteiger partial charge in [0.1, 0.15) is 0 Å². The SMILES string of the molecule is CC(C)=CCCCBr. The highest BCUT2D eigenvalue weighted by atomic mass is 79.9. The molecule has 0 N–H and O–H groups in total. The van der Waals surface area contributed by atoms with Crippen molar-refractivity contribution < 1.29 is 0 Å². The molecule has 0 fully saturated rings. The van der Waals surface area contributed by atoms with Gasteiger partial charge in [-0.05, 0) is 26.7 Å². The number of halogens is 1. The lowest BCUT2D eigenvalue weighted by atomic mass is 10.2. The summed E-state index contributed by atoms with van der Waals surface area (Å²) in [6.07, 6.45) is 4.74. The molecule has 0 aliphatic carbocycles. The molecule has 0 unspecified atom stereocenters. The topological polar surface area (TPSA) is 0 Å². The molecule has 1 heteroatoms. The molecule has 0 saturated carbocycles. The predicted molar refractivity (Wildman–Crippen MR) is 42.5 cm³/mol. The summed E-state index contributed by atoms with van der Waals surface area (Å²) in [6, 6.07) is 0. The number of hydrogen-bond donors (Lipinski definition) is 0. The van der Waals surface area contributed by atoms with Crippen molar-refractivity contribution in [1.29, 1.82) is 0 Å². The minimum atomic E-state index is 1.12. The smallest absolute Gasteiger partial charge is 0.00342 e. The molecule has 0 spiro atoms. The molecule has 0 rings (SSSR count). The highest BCUT2D eigenvalue weighted by molar-refractivity contribution is 9.09. The molecule has 0 aromatic heterocycles. The molecule has 8 heavy (non-hydrogen) atoms. The van der Waals surface area contributed by atoms with Crippen molar-refractivity contribution in [3.05, 3.63) is 11.6 Å². The molecule has 0 aliphatic heterocycles. The molecular formula is C7H13Br. The fourth-order valence-corrected chi connectivity index (χ4v) is 0.792. The average molecular weight is 177 g/mol. The maximum absolute atomic E-state index is 3.37. The molecule has 0 nitrogen and oxygen atoms in total. The van der Waals surface area contributed by atoms with Crippen molar-refractivity contribution in [2.45, 2.75) is 26.7 Å². The molecule has 0 saturated heterocycles. The van der Waals surface area contributed by atoms with Crippen LogP contribution in [0.5, 0.6) is 0 Å². The molecule has 0 heterocycles. The monoisotopic (exact) mass is 176 g/mol. The van der Waals surface area contributed by atoms with Crippen LogP contribution in [-0.4, -0.2) is 5.33 Å². The van der Waals surface area contributed by atoms with Gasteiger partial charge in [-0.2, -0.15) is 0 Å². The van der Waals surface area contributed by atoms with Gasteiger partial charge in [0, 0.05) is 5.33 Å². The summed E-state index contributed by atoms with van der Waals surface area (Å²) in [5.74, 6) is 0. The maximum Gasteiger partial charge on any atom is 0.00342 e. The largest absolute Gasteiger partial charge is 0.0928 e. The summed E-state index contributed by atoms with van der Waals surface area (Å²) in [6.45, 7) is 4.27. The van der Waals surface area contributed by atoms with E-state index in [4.69, 9.17) is 0 Å². The van der Waals surface area contributed by atoms with E-state index in [1.807, 2.05) is 0 Å². The van der Waals surface area contributed by atoms with Gasteiger partial charge in [-0.3, -0.25) is 0 Å². The Morgan fingerprint density at radius 3 is 2.50 bits per heavy atom. The van der Waals surface area contributed by atoms with Gasteiger partial charge in [-0.1, -0.05) is 27.6 Å². The first-order valence-electron chi connectivity index (χ1n) is 2.96. The molecule has 0 aromatic carbocycles. The second kappa shape index (κ2) is 5.36. The van der Waals surface area contributed by atoms with Gasteiger partial charge in [0.25, 0.3) is 0 Å². The number of allylic oxidation sites excluding steroid dienone is 2. The quantitative estimate of drug-likeness (QED) is 0.353. The fourth-order valence-electron chi connectivity index (χ4n) is 0.468. The van der Waals surface area contributed by atoms with Crippen LogP contribution >= 0.6 is 15.9 Å². The highest BCUT2D eigenvalue weighted by Crippen LogP contribution is 1.98. The Kier molecular flexibility index (Phi) is 5.51. The lowest BCUT2D eigenvalue weighted by Gasteiger charge is -1.88. The molecule has 0 aliphatic rings. The van der Waals surface area contributed by atoms with Crippen LogP contribution in [0.15, 0.2) is 11.6 Å². The van der Waals surface area contributed by atoms with Gasteiger partial charge in [-0.15, -0.1) is 0 Å². The third kappa shape index (κ3) is 6.22. The van der Waals surface area contributed by atoms with E-state index in [1.165, 1.54) is 18.4 Å². The van der Waals surface area contributed by atoms with E-state index in [-0.39, 0.29) is 0 Å². The van der Waals surface area contributed by atoms with Crippen LogP contribution in [0.4, 0.5) is 0 Å². The number of hydrogen-bond acceptors (Lipinski definition) is 0. The zero-order chi connectivity index (χ0) is 6.41. The van der Waals surface area contributed by atoms with E-state index >= 15 is 0 Å². The first kappa shape index (κ1) is 8.22. The summed E-state index contributed by atoms with van der Waals surface area (Å²) in [7, 11) is 0. The Bertz CT molecular complexity index is 70.5. The minimum absolute atomic E-state index is 1.12. The Labute approximate surface area is 60.1 Å². The van der Waals surface area contributed by atoms with E-state index in [9.17, 15) is 0 Å². The van der Waals surface area contributed by atoms with Crippen molar-refractivity contribution in [3.8, 4) is 0 Å². The number of rotatable bonds is 3. The number of unbranched alkanes of at least 4 members (excludes halogenated alkanes) is 1. The zero-order valence-electron chi connectivity index (χ0n) is 5.58. The van der Waals surface area contributed by atoms with Crippen LogP contribution in [0.1, 0.15) is 26.7 Å². The van der Waals surface area contributed by atoms with Crippen LogP contribution in [0, 0.1) is 0 Å². The van der Waals surface area contributed by atoms with Crippen LogP contribution in [0.3, 0.4) is 0 Å². The first-order valence-corrected chi connectivity index (χ1v) is 4.09. The normalized spacial score (nSPS) is 8.88. The average Bonchev–Trinajstić information content (AvgIpc) is 1.66. The molecule has 0 aromatic rings. The predicted octanol–water partition coefficient (Wildman–Crippen LogP) is 3.13. The van der Waals surface area contributed by atoms with Crippen LogP contribution < -0.4 is 0 Å². The van der Waals surface area contributed by atoms with Crippen LogP contribution in [-0.2, 0) is 0 Å². The van der Waals surface area contributed by atoms with E-state index in [0.717, 1.165) is 5.33 Å². The third-order valence-corrected chi connectivity index (χ3v) is 1.45. The molecule has 48 valence electrons. The molecule has 0 amide bonds. The number of alkyl halides is 1. The lowest BCUT2D eigenvalue weighted by Crippen LogP contribution is -1.71. The standard InChI is InChI=1S/C7H13Br/c1-7(2)5-3-4-6-8/h5H,3-4,6H2,1-2H3. The zero-order valence-corrected chi connectivity index (χ0v) is 7.16. The van der Waals surface area contributed by atoms with Crippen LogP contribution in [0.2, 0.25) is 0 Å². The summed E-state index contributed by atoms with van der Waals surface area (Å²) < 4.78 is 0. The van der Waals surface area contributed by atoms with Gasteiger partial charge in [0.15, 0.2) is 0 Å². The van der Waals surface area contributed by atoms with E-state index in [0.29, 0.717) is 0 Å². The summed E-state index contributed by atoms with van der Waals surface area (Å²) >= 11 is 3.37. The van der Waals surface area contributed by atoms with Crippen molar-refractivity contribution in [3.63, 3.8) is 0 Å². The third-order valence-electron chi connectivity index (χ3n) is 0.890. The van der Waals surface area contributed by atoms with Crippen LogP contribution in [0.25, 0.3) is 0 Å². The van der Waals surface area contributed by atoms with Gasteiger partial charge < -0.3 is 0 Å². The molecule has 0 radical (unpaired) electrons. The highest BCUT2D eigenvalue weighted by Gasteiger charge is 1.78. The van der Waals surface area contributed by atoms with Crippen molar-refractivity contribution >= 4 is 15.9 Å². The van der Waals surface area contributed by atoms with Gasteiger partial charge in [0.05, 0.1) is 0 Å². The lowest BCUT2D eigenvalue weighted by molar-refractivity contribution is 0.967. The summed E-state index contributed by atoms with van der Waals surface area (Å²) in [5, 5.41) is 1.12. The van der Waals surface area contributed by atoms with Gasteiger partial charge in [0.2, 0.25) is 0 Å². The maximum atomic E-state index is 3.37. The first-order chi connectivity index (χ1) is 3.77. The second-order valence-corrected chi connectivity index (χ2v) is 2.91.